The zero-order valence-electron chi connectivity index (χ0n) is 35.7. The van der Waals surface area contributed by atoms with E-state index in [-0.39, 0.29) is 35.0 Å². The molecule has 0 spiro atoms. The number of nitrogens with one attached hydrogen (secondary N) is 2. The molecule has 8 rings (SSSR count). The van der Waals surface area contributed by atoms with Gasteiger partial charge in [-0.3, -0.25) is 33.8 Å². The zero-order valence-corrected chi connectivity index (χ0v) is 36.5. The summed E-state index contributed by atoms with van der Waals surface area (Å²) in [4.78, 5) is 62.7. The van der Waals surface area contributed by atoms with Crippen molar-refractivity contribution >= 4 is 49.6 Å². The third kappa shape index (κ3) is 9.75. The summed E-state index contributed by atoms with van der Waals surface area (Å²) in [7, 11) is -1.79. The van der Waals surface area contributed by atoms with Crippen molar-refractivity contribution in [2.24, 2.45) is 7.05 Å². The number of hydrogen-bond acceptors (Lipinski definition) is 12. The summed E-state index contributed by atoms with van der Waals surface area (Å²) in [5, 5.41) is 13.7. The first-order chi connectivity index (χ1) is 30.4. The second kappa shape index (κ2) is 18.7. The van der Waals surface area contributed by atoms with E-state index in [4.69, 9.17) is 14.7 Å². The van der Waals surface area contributed by atoms with Crippen LogP contribution in [-0.2, 0) is 50.6 Å². The highest BCUT2D eigenvalue weighted by Crippen LogP contribution is 2.29. The highest BCUT2D eigenvalue weighted by molar-refractivity contribution is 7.90. The minimum absolute atomic E-state index is 0.0892. The van der Waals surface area contributed by atoms with Crippen molar-refractivity contribution in [3.63, 3.8) is 0 Å². The van der Waals surface area contributed by atoms with Crippen LogP contribution in [0.25, 0.3) is 33.5 Å². The second-order valence-corrected chi connectivity index (χ2v) is 18.3. The monoisotopic (exact) mass is 873 g/mol. The lowest BCUT2D eigenvalue weighted by atomic mass is 9.93. The quantitative estimate of drug-likeness (QED) is 0.109. The molecule has 3 amide bonds. The highest BCUT2D eigenvalue weighted by Gasteiger charge is 2.31. The molecule has 6 aromatic rings. The van der Waals surface area contributed by atoms with Gasteiger partial charge in [0, 0.05) is 50.1 Å². The van der Waals surface area contributed by atoms with Crippen molar-refractivity contribution in [2.45, 2.75) is 75.3 Å². The summed E-state index contributed by atoms with van der Waals surface area (Å²) in [5.41, 5.74) is 7.44. The van der Waals surface area contributed by atoms with Gasteiger partial charge in [-0.1, -0.05) is 25.1 Å². The van der Waals surface area contributed by atoms with E-state index in [9.17, 15) is 27.6 Å². The number of pyridine rings is 2. The summed E-state index contributed by atoms with van der Waals surface area (Å²) in [6.45, 7) is 5.99. The summed E-state index contributed by atoms with van der Waals surface area (Å²) in [6, 6.07) is 21.5. The fraction of sp³-hybridized carbons (Fsp3) is 0.391. The molecule has 1 unspecified atom stereocenters. The van der Waals surface area contributed by atoms with Crippen molar-refractivity contribution < 1.29 is 27.5 Å². The van der Waals surface area contributed by atoms with Crippen molar-refractivity contribution in [3.8, 4) is 11.4 Å². The lowest BCUT2D eigenvalue weighted by Gasteiger charge is -2.31. The molecule has 0 saturated carbocycles. The number of aromatic nitrogens is 6. The molecular formula is C46H51N9O7S. The van der Waals surface area contributed by atoms with Gasteiger partial charge in [-0.05, 0) is 117 Å². The van der Waals surface area contributed by atoms with Gasteiger partial charge in [0.25, 0.3) is 5.91 Å². The molecule has 6 heterocycles. The van der Waals surface area contributed by atoms with Gasteiger partial charge in [0.15, 0.2) is 9.84 Å². The number of rotatable bonds is 15. The van der Waals surface area contributed by atoms with Crippen LogP contribution in [0.15, 0.2) is 82.5 Å². The Balaban J connectivity index is 0.796. The molecule has 0 radical (unpaired) electrons. The van der Waals surface area contributed by atoms with Crippen LogP contribution in [0.2, 0.25) is 0 Å². The number of nitrogens with zero attached hydrogens (tertiary/aromatic N) is 7. The maximum Gasteiger partial charge on any atom is 0.329 e. The summed E-state index contributed by atoms with van der Waals surface area (Å²) >= 11 is 0. The number of aryl methyl sites for hydroxylation is 3. The van der Waals surface area contributed by atoms with Crippen LogP contribution >= 0.6 is 0 Å². The maximum absolute atomic E-state index is 13.1. The average molecular weight is 874 g/mol. The highest BCUT2D eigenvalue weighted by atomic mass is 32.2. The fourth-order valence-corrected chi connectivity index (χ4v) is 9.57. The minimum Gasteiger partial charge on any atom is -0.380 e. The number of hydrogen-bond donors (Lipinski definition) is 2. The second-order valence-electron chi connectivity index (χ2n) is 16.3. The molecule has 2 saturated heterocycles. The first kappa shape index (κ1) is 43.5. The van der Waals surface area contributed by atoms with Gasteiger partial charge >= 0.3 is 5.69 Å². The molecule has 328 valence electrons. The third-order valence-corrected chi connectivity index (χ3v) is 13.2. The molecule has 2 N–H and O–H groups in total. The minimum atomic E-state index is -3.49. The Hall–Kier alpha value is -6.17. The number of imide groups is 1. The molecule has 1 atom stereocenters. The van der Waals surface area contributed by atoms with Crippen LogP contribution in [0.3, 0.4) is 0 Å². The van der Waals surface area contributed by atoms with Crippen LogP contribution in [0, 0.1) is 0 Å². The Morgan fingerprint density at radius 2 is 1.70 bits per heavy atom. The molecular weight excluding hydrogens is 823 g/mol. The van der Waals surface area contributed by atoms with Crippen molar-refractivity contribution in [3.05, 3.63) is 111 Å². The number of carbonyl (C=O) groups is 3. The Labute approximate surface area is 365 Å². The van der Waals surface area contributed by atoms with Gasteiger partial charge in [0.1, 0.15) is 11.6 Å². The molecule has 63 heavy (non-hydrogen) atoms. The van der Waals surface area contributed by atoms with Crippen molar-refractivity contribution in [2.75, 3.05) is 39.1 Å². The number of ether oxygens (including phenoxy) is 1. The van der Waals surface area contributed by atoms with Gasteiger partial charge in [-0.15, -0.1) is 5.10 Å². The Morgan fingerprint density at radius 3 is 2.48 bits per heavy atom. The number of sulfone groups is 1. The topological polar surface area (TPSA) is 200 Å². The molecule has 2 aliphatic rings. The van der Waals surface area contributed by atoms with Gasteiger partial charge in [-0.25, -0.2) is 18.2 Å². The number of carbonyl (C=O) groups excluding carboxylic acids is 3. The Morgan fingerprint density at radius 1 is 0.889 bits per heavy atom. The standard InChI is InChI=1S/C46H51N9O7S/c1-4-30-11-12-32(26-42(30)63(3,60)61)44(57)47-28-33-27-38-37(52-51-33)14-13-36(49-38)35-9-5-8-34(48-35)31-18-20-54(21-19-31)22-24-62-23-6-7-29-10-15-39-41(25-29)53(2)46(59)55(39)40-16-17-43(56)50-45(40)58/h5,8-15,25-27,31,40H,4,6-7,16-24,28H2,1-3H3,(H,47,57)(H,50,56,58). The van der Waals surface area contributed by atoms with Crippen LogP contribution in [0.5, 0.6) is 0 Å². The van der Waals surface area contributed by atoms with E-state index in [2.05, 4.69) is 31.8 Å². The molecule has 2 fully saturated rings. The lowest BCUT2D eigenvalue weighted by Crippen LogP contribution is -2.44. The predicted molar refractivity (Wildman–Crippen MR) is 237 cm³/mol. The predicted octanol–water partition coefficient (Wildman–Crippen LogP) is 4.44. The van der Waals surface area contributed by atoms with Gasteiger partial charge in [0.05, 0.1) is 51.7 Å². The van der Waals surface area contributed by atoms with Crippen molar-refractivity contribution in [1.82, 2.24) is 44.8 Å². The SMILES string of the molecule is CCc1ccc(C(=O)NCc2cc3nc(-c4cccc(C5CCN(CCOCCCc6ccc7c(c6)n(C)c(=O)n7C6CCC(=O)NC6=O)CC5)n4)ccc3nn2)cc1S(C)(=O)=O. The molecule has 0 aliphatic carbocycles. The van der Waals surface area contributed by atoms with Crippen molar-refractivity contribution in [1.29, 1.82) is 0 Å². The van der Waals surface area contributed by atoms with E-state index in [0.717, 1.165) is 74.0 Å². The third-order valence-electron chi connectivity index (χ3n) is 12.1. The molecule has 2 aliphatic heterocycles. The lowest BCUT2D eigenvalue weighted by molar-refractivity contribution is -0.135. The van der Waals surface area contributed by atoms with E-state index < -0.39 is 27.7 Å². The first-order valence-corrected chi connectivity index (χ1v) is 23.3. The normalized spacial score (nSPS) is 16.5. The molecule has 0 bridgehead atoms. The van der Waals surface area contributed by atoms with Crippen LogP contribution in [-0.4, -0.2) is 99.4 Å². The summed E-state index contributed by atoms with van der Waals surface area (Å²) in [6.07, 6.45) is 5.79. The number of fused-ring (bicyclic) bond motifs is 2. The largest absolute Gasteiger partial charge is 0.380 e. The fourth-order valence-electron chi connectivity index (χ4n) is 8.54. The maximum atomic E-state index is 13.1. The van der Waals surface area contributed by atoms with Crippen LogP contribution in [0.1, 0.15) is 83.9 Å². The van der Waals surface area contributed by atoms with Gasteiger partial charge in [0.2, 0.25) is 11.8 Å². The average Bonchev–Trinajstić information content (AvgIpc) is 3.53. The van der Waals surface area contributed by atoms with Crippen LogP contribution in [0.4, 0.5) is 0 Å². The summed E-state index contributed by atoms with van der Waals surface area (Å²) < 4.78 is 33.7. The van der Waals surface area contributed by atoms with Gasteiger partial charge in [-0.2, -0.15) is 5.10 Å². The molecule has 4 aromatic heterocycles. The smallest absolute Gasteiger partial charge is 0.329 e. The Bertz CT molecular complexity index is 2890. The number of imidazole rings is 1. The van der Waals surface area contributed by atoms with E-state index in [1.807, 2.05) is 49.4 Å². The molecule has 2 aromatic carbocycles. The van der Waals surface area contributed by atoms with E-state index in [1.165, 1.54) is 10.6 Å². The van der Waals surface area contributed by atoms with E-state index in [0.29, 0.717) is 65.5 Å². The number of amides is 3. The van der Waals surface area contributed by atoms with E-state index in [1.54, 1.807) is 29.8 Å². The number of likely N-dealkylation sites (tertiary alicyclic amines) is 1. The van der Waals surface area contributed by atoms with E-state index >= 15 is 0 Å². The first-order valence-electron chi connectivity index (χ1n) is 21.4. The number of piperidine rings is 2. The molecule has 17 heteroatoms. The van der Waals surface area contributed by atoms with Crippen LogP contribution < -0.4 is 16.3 Å². The molecule has 16 nitrogen and oxygen atoms in total. The Kier molecular flexibility index (Phi) is 12.9. The zero-order chi connectivity index (χ0) is 44.3. The summed E-state index contributed by atoms with van der Waals surface area (Å²) in [5.74, 6) is -0.834. The number of benzene rings is 2. The van der Waals surface area contributed by atoms with Gasteiger partial charge < -0.3 is 15.0 Å².